The highest BCUT2D eigenvalue weighted by atomic mass is 28.3. The van der Waals surface area contributed by atoms with Crippen LogP contribution in [0, 0.1) is 10.8 Å². The highest BCUT2D eigenvalue weighted by molar-refractivity contribution is 6.49. The van der Waals surface area contributed by atoms with Gasteiger partial charge in [0, 0.05) is 23.9 Å². The van der Waals surface area contributed by atoms with Gasteiger partial charge in [0.2, 0.25) is 9.04 Å². The van der Waals surface area contributed by atoms with Crippen molar-refractivity contribution in [1.82, 2.24) is 0 Å². The Morgan fingerprint density at radius 1 is 1.15 bits per heavy atom. The second-order valence-electron chi connectivity index (χ2n) is 11.8. The van der Waals surface area contributed by atoms with Crippen molar-refractivity contribution in [3.63, 3.8) is 0 Å². The van der Waals surface area contributed by atoms with Crippen LogP contribution < -0.4 is 4.43 Å². The van der Waals surface area contributed by atoms with E-state index in [-0.39, 0.29) is 22.7 Å². The molecule has 1 aromatic carbocycles. The number of carbonyl (C=O) groups is 1. The molecule has 1 heterocycles. The van der Waals surface area contributed by atoms with Gasteiger partial charge in [0.1, 0.15) is 11.5 Å². The minimum atomic E-state index is -1.35. The van der Waals surface area contributed by atoms with E-state index in [1.54, 1.807) is 0 Å². The maximum absolute atomic E-state index is 10.7. The van der Waals surface area contributed by atoms with Crippen molar-refractivity contribution in [1.29, 1.82) is 0 Å². The molecule has 186 valence electrons. The monoisotopic (exact) mass is 476 g/mol. The first kappa shape index (κ1) is 27.5. The number of unbranched alkanes of at least 4 members (excludes halogenated alkanes) is 1. The third-order valence-corrected chi connectivity index (χ3v) is 6.68. The third kappa shape index (κ3) is 7.09. The van der Waals surface area contributed by atoms with Gasteiger partial charge in [-0.1, -0.05) is 60.6 Å². The minimum Gasteiger partial charge on any atom is -0.546 e. The summed E-state index contributed by atoms with van der Waals surface area (Å²) in [5.41, 5.74) is 3.08. The molecule has 1 N–H and O–H groups in total. The van der Waals surface area contributed by atoms with Gasteiger partial charge in [-0.25, -0.2) is 0 Å². The molecule has 0 fully saturated rings. The van der Waals surface area contributed by atoms with Crippen LogP contribution in [-0.2, 0) is 19.7 Å². The lowest BCUT2D eigenvalue weighted by atomic mass is 9.70. The van der Waals surface area contributed by atoms with E-state index < -0.39 is 15.0 Å². The average molecular weight is 477 g/mol. The number of carboxylic acid groups (broad SMARTS) is 1. The summed E-state index contributed by atoms with van der Waals surface area (Å²) in [4.78, 5) is 10.7. The van der Waals surface area contributed by atoms with Crippen molar-refractivity contribution in [2.45, 2.75) is 86.2 Å². The second-order valence-corrected chi connectivity index (χ2v) is 14.1. The number of ether oxygens (including phenoxy) is 2. The lowest BCUT2D eigenvalue weighted by Crippen LogP contribution is -2.31. The van der Waals surface area contributed by atoms with E-state index in [4.69, 9.17) is 19.0 Å². The van der Waals surface area contributed by atoms with Crippen molar-refractivity contribution in [3.8, 4) is 5.75 Å². The Morgan fingerprint density at radius 3 is 2.39 bits per heavy atom. The maximum atomic E-state index is 10.7. The Kier molecular flexibility index (Phi) is 8.85. The van der Waals surface area contributed by atoms with Crippen LogP contribution >= 0.6 is 0 Å². The van der Waals surface area contributed by atoms with E-state index in [0.29, 0.717) is 26.2 Å². The zero-order valence-electron chi connectivity index (χ0n) is 22.1. The van der Waals surface area contributed by atoms with Crippen molar-refractivity contribution >= 4 is 20.8 Å². The third-order valence-electron chi connectivity index (χ3n) is 5.97. The first-order valence-electron chi connectivity index (χ1n) is 12.1. The Balaban J connectivity index is 2.43. The summed E-state index contributed by atoms with van der Waals surface area (Å²) in [6.45, 7) is 21.7. The number of hydrogen-bond acceptors (Lipinski definition) is 4. The Bertz CT molecular complexity index is 862. The number of hydrogen-bond donors (Lipinski definition) is 1. The summed E-state index contributed by atoms with van der Waals surface area (Å²) in [5, 5.41) is 8.82. The van der Waals surface area contributed by atoms with Crippen LogP contribution in [0.1, 0.15) is 78.9 Å². The summed E-state index contributed by atoms with van der Waals surface area (Å²) in [7, 11) is -1.35. The summed E-state index contributed by atoms with van der Waals surface area (Å²) in [6.07, 6.45) is 1.57. The standard InChI is InChI=1S/C27H44O5Si/c1-25(2,3)20-14-12-13-19(22(20)32-33(8)9)23-24(27(6,7)18-31-23)26(4,5)17-30-16-11-10-15-21(28)29/h12-14,33H,10-11,15-18H2,1-9H3,(H,28,29). The highest BCUT2D eigenvalue weighted by Crippen LogP contribution is 2.52. The highest BCUT2D eigenvalue weighted by Gasteiger charge is 2.44. The molecule has 0 saturated carbocycles. The number of benzene rings is 1. The molecular formula is C27H44O5Si. The SMILES string of the molecule is C[SiH](C)Oc1c(C2=C(C(C)(C)COCCCCC(=O)O)C(C)(C)CO2)cccc1C(C)(C)C. The van der Waals surface area contributed by atoms with E-state index in [2.05, 4.69) is 79.8 Å². The smallest absolute Gasteiger partial charge is 0.303 e. The molecule has 0 unspecified atom stereocenters. The summed E-state index contributed by atoms with van der Waals surface area (Å²) < 4.78 is 19.0. The van der Waals surface area contributed by atoms with Gasteiger partial charge in [0.15, 0.2) is 0 Å². The number of aliphatic carboxylic acids is 1. The largest absolute Gasteiger partial charge is 0.546 e. The maximum Gasteiger partial charge on any atom is 0.303 e. The zero-order valence-corrected chi connectivity index (χ0v) is 23.3. The fourth-order valence-electron chi connectivity index (χ4n) is 4.69. The molecule has 33 heavy (non-hydrogen) atoms. The van der Waals surface area contributed by atoms with Gasteiger partial charge in [-0.05, 0) is 48.6 Å². The van der Waals surface area contributed by atoms with E-state index in [1.165, 1.54) is 11.1 Å². The quantitative estimate of drug-likeness (QED) is 0.295. The molecule has 2 rings (SSSR count). The Hall–Kier alpha value is -1.79. The van der Waals surface area contributed by atoms with Gasteiger partial charge < -0.3 is 19.0 Å². The summed E-state index contributed by atoms with van der Waals surface area (Å²) >= 11 is 0. The lowest BCUT2D eigenvalue weighted by molar-refractivity contribution is -0.137. The van der Waals surface area contributed by atoms with Crippen molar-refractivity contribution in [2.75, 3.05) is 19.8 Å². The zero-order chi connectivity index (χ0) is 25.0. The topological polar surface area (TPSA) is 65.0 Å². The molecule has 0 amide bonds. The molecule has 0 atom stereocenters. The van der Waals surface area contributed by atoms with Crippen LogP contribution in [0.15, 0.2) is 23.8 Å². The molecule has 1 aromatic rings. The molecule has 6 heteroatoms. The summed E-state index contributed by atoms with van der Waals surface area (Å²) in [6, 6.07) is 6.40. The molecule has 0 radical (unpaired) electrons. The Labute approximate surface area is 202 Å². The molecule has 0 aromatic heterocycles. The molecule has 0 bridgehead atoms. The molecule has 0 aliphatic carbocycles. The van der Waals surface area contributed by atoms with Crippen LogP contribution in [0.25, 0.3) is 5.76 Å². The minimum absolute atomic E-state index is 0.0436. The van der Waals surface area contributed by atoms with E-state index in [0.717, 1.165) is 23.5 Å². The van der Waals surface area contributed by atoms with E-state index in [1.807, 2.05) is 0 Å². The van der Waals surface area contributed by atoms with Crippen LogP contribution in [0.4, 0.5) is 0 Å². The second kappa shape index (κ2) is 10.6. The fourth-order valence-corrected chi connectivity index (χ4v) is 5.41. The van der Waals surface area contributed by atoms with Crippen LogP contribution in [0.2, 0.25) is 13.1 Å². The first-order valence-corrected chi connectivity index (χ1v) is 14.9. The molecule has 1 aliphatic heterocycles. The van der Waals surface area contributed by atoms with E-state index >= 15 is 0 Å². The van der Waals surface area contributed by atoms with Gasteiger partial charge in [-0.2, -0.15) is 0 Å². The van der Waals surface area contributed by atoms with Crippen LogP contribution in [0.3, 0.4) is 0 Å². The van der Waals surface area contributed by atoms with Crippen molar-refractivity contribution in [2.24, 2.45) is 10.8 Å². The first-order chi connectivity index (χ1) is 15.2. The average Bonchev–Trinajstić information content (AvgIpc) is 2.99. The van der Waals surface area contributed by atoms with Crippen molar-refractivity contribution in [3.05, 3.63) is 34.9 Å². The molecule has 0 saturated heterocycles. The molecular weight excluding hydrogens is 432 g/mol. The fraction of sp³-hybridized carbons (Fsp3) is 0.667. The van der Waals surface area contributed by atoms with Crippen LogP contribution in [0.5, 0.6) is 5.75 Å². The normalized spacial score (nSPS) is 16.3. The van der Waals surface area contributed by atoms with Gasteiger partial charge in [-0.3, -0.25) is 4.79 Å². The molecule has 5 nitrogen and oxygen atoms in total. The molecule has 1 aliphatic rings. The molecule has 0 spiro atoms. The van der Waals surface area contributed by atoms with Gasteiger partial charge >= 0.3 is 5.97 Å². The number of rotatable bonds is 11. The summed E-state index contributed by atoms with van der Waals surface area (Å²) in [5.74, 6) is 1.13. The van der Waals surface area contributed by atoms with E-state index in [9.17, 15) is 4.79 Å². The number of carboxylic acids is 1. The predicted octanol–water partition coefficient (Wildman–Crippen LogP) is 6.41. The number of para-hydroxylation sites is 1. The van der Waals surface area contributed by atoms with Crippen LogP contribution in [-0.4, -0.2) is 39.9 Å². The van der Waals surface area contributed by atoms with Crippen molar-refractivity contribution < 1.29 is 23.8 Å². The predicted molar refractivity (Wildman–Crippen MR) is 137 cm³/mol. The van der Waals surface area contributed by atoms with Gasteiger partial charge in [0.25, 0.3) is 0 Å². The lowest BCUT2D eigenvalue weighted by Gasteiger charge is -2.34. The Morgan fingerprint density at radius 2 is 1.82 bits per heavy atom. The van der Waals surface area contributed by atoms with Gasteiger partial charge in [-0.15, -0.1) is 0 Å². The van der Waals surface area contributed by atoms with Gasteiger partial charge in [0.05, 0.1) is 18.8 Å².